The summed E-state index contributed by atoms with van der Waals surface area (Å²) in [5.41, 5.74) is 1.41. The van der Waals surface area contributed by atoms with E-state index in [9.17, 15) is 30.0 Å². The van der Waals surface area contributed by atoms with Gasteiger partial charge in [0, 0.05) is 12.1 Å². The number of carbonyl (C=O) groups excluding carboxylic acids is 2. The molecular formula is C31H24O8. The lowest BCUT2D eigenvalue weighted by molar-refractivity contribution is 0.103. The van der Waals surface area contributed by atoms with Crippen LogP contribution in [0.15, 0.2) is 91.0 Å². The summed E-state index contributed by atoms with van der Waals surface area (Å²) in [5.74, 6) is -1.02. The Bertz CT molecular complexity index is 1570. The zero-order valence-electron chi connectivity index (χ0n) is 20.7. The van der Waals surface area contributed by atoms with Gasteiger partial charge in [0.1, 0.15) is 28.7 Å². The summed E-state index contributed by atoms with van der Waals surface area (Å²) >= 11 is 0. The zero-order chi connectivity index (χ0) is 27.9. The second-order valence-electron chi connectivity index (χ2n) is 8.38. The van der Waals surface area contributed by atoms with Crippen LogP contribution in [0.4, 0.5) is 0 Å². The molecule has 39 heavy (non-hydrogen) atoms. The first kappa shape index (κ1) is 26.6. The normalized spacial score (nSPS) is 11.1. The Labute approximate surface area is 224 Å². The van der Waals surface area contributed by atoms with Gasteiger partial charge in [-0.1, -0.05) is 36.4 Å². The van der Waals surface area contributed by atoms with Crippen LogP contribution in [0, 0.1) is 0 Å². The third kappa shape index (κ3) is 6.64. The lowest BCUT2D eigenvalue weighted by atomic mass is 10.1. The summed E-state index contributed by atoms with van der Waals surface area (Å²) < 4.78 is 10.7. The minimum absolute atomic E-state index is 0.0392. The Hall–Kier alpha value is -5.50. The van der Waals surface area contributed by atoms with Crippen LogP contribution in [-0.4, -0.2) is 39.1 Å². The molecule has 0 aromatic heterocycles. The van der Waals surface area contributed by atoms with Gasteiger partial charge < -0.3 is 29.9 Å². The molecule has 0 aliphatic carbocycles. The van der Waals surface area contributed by atoms with E-state index in [4.69, 9.17) is 9.47 Å². The monoisotopic (exact) mass is 524 g/mol. The molecule has 0 atom stereocenters. The molecule has 0 saturated carbocycles. The molecule has 0 bridgehead atoms. The fourth-order valence-electron chi connectivity index (χ4n) is 3.57. The van der Waals surface area contributed by atoms with Crippen molar-refractivity contribution in [1.29, 1.82) is 0 Å². The van der Waals surface area contributed by atoms with Crippen LogP contribution >= 0.6 is 0 Å². The molecule has 0 aliphatic heterocycles. The predicted octanol–water partition coefficient (Wildman–Crippen LogP) is 6.10. The highest BCUT2D eigenvalue weighted by Gasteiger charge is 2.15. The van der Waals surface area contributed by atoms with Crippen molar-refractivity contribution in [3.63, 3.8) is 0 Å². The quantitative estimate of drug-likeness (QED) is 0.152. The van der Waals surface area contributed by atoms with Crippen molar-refractivity contribution < 1.29 is 39.5 Å². The number of methoxy groups -OCH3 is 1. The van der Waals surface area contributed by atoms with Gasteiger partial charge in [-0.25, -0.2) is 0 Å². The third-order valence-corrected chi connectivity index (χ3v) is 5.67. The number of benzene rings is 4. The summed E-state index contributed by atoms with van der Waals surface area (Å²) in [6.07, 6.45) is 5.69. The van der Waals surface area contributed by atoms with Gasteiger partial charge in [0.05, 0.1) is 18.2 Å². The maximum atomic E-state index is 12.7. The van der Waals surface area contributed by atoms with E-state index >= 15 is 0 Å². The van der Waals surface area contributed by atoms with E-state index in [1.807, 2.05) is 0 Å². The van der Waals surface area contributed by atoms with Gasteiger partial charge in [-0.3, -0.25) is 9.59 Å². The first-order valence-corrected chi connectivity index (χ1v) is 11.7. The van der Waals surface area contributed by atoms with Crippen molar-refractivity contribution in [2.24, 2.45) is 0 Å². The third-order valence-electron chi connectivity index (χ3n) is 5.67. The Morgan fingerprint density at radius 2 is 1.15 bits per heavy atom. The van der Waals surface area contributed by atoms with Crippen molar-refractivity contribution >= 4 is 23.7 Å². The lowest BCUT2D eigenvalue weighted by Crippen LogP contribution is -1.97. The van der Waals surface area contributed by atoms with Crippen LogP contribution in [0.3, 0.4) is 0 Å². The van der Waals surface area contributed by atoms with Gasteiger partial charge in [-0.05, 0) is 65.7 Å². The van der Waals surface area contributed by atoms with E-state index in [0.717, 1.165) is 6.07 Å². The Balaban J connectivity index is 1.45. The number of phenolic OH excluding ortho intramolecular Hbond substituents is 4. The van der Waals surface area contributed by atoms with Gasteiger partial charge >= 0.3 is 0 Å². The van der Waals surface area contributed by atoms with Crippen molar-refractivity contribution in [2.75, 3.05) is 7.11 Å². The molecule has 8 nitrogen and oxygen atoms in total. The first-order valence-electron chi connectivity index (χ1n) is 11.7. The highest BCUT2D eigenvalue weighted by atomic mass is 16.5. The standard InChI is InChI=1S/C31H24O8/c1-38-23-12-13-24(28(35)16-23)26(33)14-6-20-4-10-22(11-5-20)39-31-17-25(29(36)18-30(31)37)27(34)15-7-19-2-8-21(32)9-3-19/h2-18,32,35-37H,1H3/b14-6+,15-7+. The average molecular weight is 525 g/mol. The van der Waals surface area contributed by atoms with Crippen LogP contribution in [-0.2, 0) is 0 Å². The summed E-state index contributed by atoms with van der Waals surface area (Å²) in [7, 11) is 1.46. The van der Waals surface area contributed by atoms with Crippen molar-refractivity contribution in [2.45, 2.75) is 0 Å². The maximum absolute atomic E-state index is 12.7. The Morgan fingerprint density at radius 1 is 0.615 bits per heavy atom. The topological polar surface area (TPSA) is 134 Å². The minimum atomic E-state index is -0.515. The molecular weight excluding hydrogens is 500 g/mol. The van der Waals surface area contributed by atoms with Gasteiger partial charge in [0.2, 0.25) is 0 Å². The van der Waals surface area contributed by atoms with Crippen molar-refractivity contribution in [1.82, 2.24) is 0 Å². The molecule has 4 N–H and O–H groups in total. The molecule has 0 radical (unpaired) electrons. The van der Waals surface area contributed by atoms with Crippen LogP contribution in [0.25, 0.3) is 12.2 Å². The van der Waals surface area contributed by atoms with E-state index in [0.29, 0.717) is 22.6 Å². The predicted molar refractivity (Wildman–Crippen MR) is 146 cm³/mol. The van der Waals surface area contributed by atoms with Crippen LogP contribution in [0.5, 0.6) is 40.2 Å². The van der Waals surface area contributed by atoms with Crippen molar-refractivity contribution in [3.05, 3.63) is 113 Å². The summed E-state index contributed by atoms with van der Waals surface area (Å²) in [4.78, 5) is 25.1. The summed E-state index contributed by atoms with van der Waals surface area (Å²) in [6, 6.07) is 19.5. The summed E-state index contributed by atoms with van der Waals surface area (Å²) in [6.45, 7) is 0. The van der Waals surface area contributed by atoms with Gasteiger partial charge in [-0.2, -0.15) is 0 Å². The molecule has 0 fully saturated rings. The number of phenols is 4. The minimum Gasteiger partial charge on any atom is -0.508 e. The van der Waals surface area contributed by atoms with Crippen LogP contribution in [0.2, 0.25) is 0 Å². The SMILES string of the molecule is COc1ccc(C(=O)/C=C/c2ccc(Oc3cc(C(=O)/C=C/c4ccc(O)cc4)c(O)cc3O)cc2)c(O)c1. The maximum Gasteiger partial charge on any atom is 0.189 e. The zero-order valence-corrected chi connectivity index (χ0v) is 20.7. The molecule has 0 aliphatic rings. The number of allylic oxidation sites excluding steroid dienone is 2. The summed E-state index contributed by atoms with van der Waals surface area (Å²) in [5, 5.41) is 39.8. The molecule has 4 aromatic carbocycles. The largest absolute Gasteiger partial charge is 0.508 e. The number of hydrogen-bond donors (Lipinski definition) is 4. The van der Waals surface area contributed by atoms with Gasteiger partial charge in [0.25, 0.3) is 0 Å². The number of aromatic hydroxyl groups is 4. The number of hydrogen-bond acceptors (Lipinski definition) is 8. The van der Waals surface area contributed by atoms with Crippen LogP contribution in [0.1, 0.15) is 31.8 Å². The fourth-order valence-corrected chi connectivity index (χ4v) is 3.57. The molecule has 0 unspecified atom stereocenters. The smallest absolute Gasteiger partial charge is 0.189 e. The molecule has 0 amide bonds. The Kier molecular flexibility index (Phi) is 7.97. The molecule has 196 valence electrons. The molecule has 8 heteroatoms. The number of ether oxygens (including phenoxy) is 2. The highest BCUT2D eigenvalue weighted by molar-refractivity contribution is 6.09. The van der Waals surface area contributed by atoms with E-state index in [1.54, 1.807) is 48.5 Å². The number of carbonyl (C=O) groups is 2. The lowest BCUT2D eigenvalue weighted by Gasteiger charge is -2.10. The van der Waals surface area contributed by atoms with Gasteiger partial charge in [0.15, 0.2) is 23.1 Å². The van der Waals surface area contributed by atoms with Crippen LogP contribution < -0.4 is 9.47 Å². The van der Waals surface area contributed by atoms with E-state index < -0.39 is 11.5 Å². The molecule has 4 rings (SSSR count). The van der Waals surface area contributed by atoms with E-state index in [1.165, 1.54) is 55.7 Å². The first-order chi connectivity index (χ1) is 18.7. The molecule has 0 spiro atoms. The van der Waals surface area contributed by atoms with Crippen molar-refractivity contribution in [3.8, 4) is 40.2 Å². The number of ketones is 2. The Morgan fingerprint density at radius 3 is 1.74 bits per heavy atom. The molecule has 0 saturated heterocycles. The highest BCUT2D eigenvalue weighted by Crippen LogP contribution is 2.37. The second kappa shape index (κ2) is 11.7. The van der Waals surface area contributed by atoms with E-state index in [-0.39, 0.29) is 39.9 Å². The fraction of sp³-hybridized carbons (Fsp3) is 0.0323. The van der Waals surface area contributed by atoms with Gasteiger partial charge in [-0.15, -0.1) is 0 Å². The second-order valence-corrected chi connectivity index (χ2v) is 8.38. The molecule has 0 heterocycles. The van der Waals surface area contributed by atoms with E-state index in [2.05, 4.69) is 0 Å². The molecule has 4 aromatic rings. The number of rotatable bonds is 9. The average Bonchev–Trinajstić information content (AvgIpc) is 2.93.